The van der Waals surface area contributed by atoms with Crippen molar-refractivity contribution in [1.29, 1.82) is 0 Å². The topological polar surface area (TPSA) is 61.4 Å². The second-order valence-corrected chi connectivity index (χ2v) is 5.05. The van der Waals surface area contributed by atoms with Gasteiger partial charge in [-0.25, -0.2) is 4.79 Å². The maximum atomic E-state index is 12.4. The molecule has 1 aromatic heterocycles. The number of Topliss-reactive ketones (excluding diaryl/α,β-unsaturated/α-hetero) is 1. The molecule has 0 unspecified atom stereocenters. The predicted molar refractivity (Wildman–Crippen MR) is 74.0 cm³/mol. The minimum atomic E-state index is -0.377. The lowest BCUT2D eigenvalue weighted by Crippen LogP contribution is -2.23. The van der Waals surface area contributed by atoms with Crippen LogP contribution in [0.1, 0.15) is 30.1 Å². The number of carbonyl (C=O) groups is 1. The number of benzene rings is 1. The number of carbonyl (C=O) groups excluding carboxylic acids is 1. The van der Waals surface area contributed by atoms with Gasteiger partial charge in [0.25, 0.3) is 0 Å². The molecular weight excluding hydrogens is 258 g/mol. The maximum absolute atomic E-state index is 12.4. The van der Waals surface area contributed by atoms with Gasteiger partial charge >= 0.3 is 5.76 Å². The number of aryl methyl sites for hydroxylation is 1. The van der Waals surface area contributed by atoms with Gasteiger partial charge in [-0.2, -0.15) is 0 Å². The fourth-order valence-electron chi connectivity index (χ4n) is 2.71. The molecule has 0 spiro atoms. The first-order chi connectivity index (χ1) is 9.70. The van der Waals surface area contributed by atoms with E-state index in [4.69, 9.17) is 9.15 Å². The molecule has 0 N–H and O–H groups in total. The molecule has 20 heavy (non-hydrogen) atoms. The number of ketones is 1. The van der Waals surface area contributed by atoms with Crippen molar-refractivity contribution < 1.29 is 13.9 Å². The summed E-state index contributed by atoms with van der Waals surface area (Å²) in [6.45, 7) is 3.72. The second-order valence-electron chi connectivity index (χ2n) is 5.05. The minimum Gasteiger partial charge on any atom is -0.408 e. The zero-order valence-corrected chi connectivity index (χ0v) is 11.4. The number of nitrogens with zero attached hydrogens (tertiary/aromatic N) is 1. The molecule has 1 aliphatic rings. The molecule has 5 nitrogen and oxygen atoms in total. The second kappa shape index (κ2) is 5.25. The molecule has 0 atom stereocenters. The summed E-state index contributed by atoms with van der Waals surface area (Å²) in [5.41, 5.74) is 1.83. The van der Waals surface area contributed by atoms with Gasteiger partial charge < -0.3 is 9.15 Å². The Morgan fingerprint density at radius 3 is 2.80 bits per heavy atom. The highest BCUT2D eigenvalue weighted by Gasteiger charge is 2.23. The van der Waals surface area contributed by atoms with Gasteiger partial charge in [0.1, 0.15) is 0 Å². The van der Waals surface area contributed by atoms with Gasteiger partial charge in [-0.3, -0.25) is 9.36 Å². The van der Waals surface area contributed by atoms with Crippen LogP contribution in [0.2, 0.25) is 0 Å². The molecule has 0 saturated carbocycles. The molecule has 2 heterocycles. The molecule has 1 fully saturated rings. The highest BCUT2D eigenvalue weighted by molar-refractivity contribution is 6.00. The number of ether oxygens (including phenoxy) is 1. The lowest BCUT2D eigenvalue weighted by Gasteiger charge is -2.20. The summed E-state index contributed by atoms with van der Waals surface area (Å²) in [6.07, 6.45) is 1.52. The number of oxazole rings is 1. The van der Waals surface area contributed by atoms with Gasteiger partial charge in [0.05, 0.1) is 5.52 Å². The zero-order valence-electron chi connectivity index (χ0n) is 11.4. The minimum absolute atomic E-state index is 0.0150. The van der Waals surface area contributed by atoms with Crippen molar-refractivity contribution in [1.82, 2.24) is 4.57 Å². The summed E-state index contributed by atoms with van der Waals surface area (Å²) in [5.74, 6) is -0.249. The monoisotopic (exact) mass is 275 g/mol. The summed E-state index contributed by atoms with van der Waals surface area (Å²) >= 11 is 0. The van der Waals surface area contributed by atoms with Crippen molar-refractivity contribution in [2.24, 2.45) is 5.92 Å². The van der Waals surface area contributed by atoms with Gasteiger partial charge in [0, 0.05) is 31.2 Å². The smallest absolute Gasteiger partial charge is 0.408 e. The molecule has 0 bridgehead atoms. The Morgan fingerprint density at radius 2 is 2.10 bits per heavy atom. The summed E-state index contributed by atoms with van der Waals surface area (Å²) in [7, 11) is 0. The first-order valence-corrected chi connectivity index (χ1v) is 6.96. The fraction of sp³-hybridized carbons (Fsp3) is 0.467. The number of aromatic nitrogens is 1. The van der Waals surface area contributed by atoms with Crippen LogP contribution in [-0.4, -0.2) is 23.6 Å². The number of hydrogen-bond acceptors (Lipinski definition) is 4. The third kappa shape index (κ3) is 2.18. The van der Waals surface area contributed by atoms with Crippen LogP contribution < -0.4 is 5.76 Å². The zero-order chi connectivity index (χ0) is 14.1. The molecule has 0 aliphatic carbocycles. The average molecular weight is 275 g/mol. The lowest BCUT2D eigenvalue weighted by atomic mass is 9.91. The highest BCUT2D eigenvalue weighted by atomic mass is 16.5. The van der Waals surface area contributed by atoms with E-state index in [0.29, 0.717) is 30.9 Å². The molecule has 106 valence electrons. The summed E-state index contributed by atoms with van der Waals surface area (Å²) in [4.78, 5) is 24.1. The largest absolute Gasteiger partial charge is 0.419 e. The van der Waals surface area contributed by atoms with E-state index < -0.39 is 0 Å². The highest BCUT2D eigenvalue weighted by Crippen LogP contribution is 2.22. The Balaban J connectivity index is 1.96. The van der Waals surface area contributed by atoms with Crippen molar-refractivity contribution in [3.05, 3.63) is 34.3 Å². The van der Waals surface area contributed by atoms with Crippen LogP contribution in [0.25, 0.3) is 11.1 Å². The molecule has 3 rings (SSSR count). The van der Waals surface area contributed by atoms with Crippen LogP contribution in [-0.2, 0) is 11.3 Å². The lowest BCUT2D eigenvalue weighted by molar-refractivity contribution is 0.0545. The standard InChI is InChI=1S/C15H17NO4/c1-2-16-12-4-3-11(9-13(12)20-15(16)18)14(17)10-5-7-19-8-6-10/h3-4,9-10H,2,5-8H2,1H3. The van der Waals surface area contributed by atoms with Gasteiger partial charge in [-0.15, -0.1) is 0 Å². The molecule has 1 aliphatic heterocycles. The summed E-state index contributed by atoms with van der Waals surface area (Å²) < 4.78 is 12.0. The molecule has 0 radical (unpaired) electrons. The quantitative estimate of drug-likeness (QED) is 0.806. The number of rotatable bonds is 3. The van der Waals surface area contributed by atoms with Crippen molar-refractivity contribution in [2.45, 2.75) is 26.3 Å². The van der Waals surface area contributed by atoms with E-state index in [-0.39, 0.29) is 17.5 Å². The Morgan fingerprint density at radius 1 is 1.35 bits per heavy atom. The molecule has 0 amide bonds. The van der Waals surface area contributed by atoms with E-state index in [9.17, 15) is 9.59 Å². The van der Waals surface area contributed by atoms with Gasteiger partial charge in [0.15, 0.2) is 11.4 Å². The van der Waals surface area contributed by atoms with E-state index in [1.54, 1.807) is 22.8 Å². The summed E-state index contributed by atoms with van der Waals surface area (Å²) in [6, 6.07) is 5.25. The van der Waals surface area contributed by atoms with Crippen LogP contribution in [0.3, 0.4) is 0 Å². The normalized spacial score (nSPS) is 16.6. The van der Waals surface area contributed by atoms with Gasteiger partial charge in [-0.05, 0) is 38.0 Å². The van der Waals surface area contributed by atoms with E-state index in [1.165, 1.54) is 0 Å². The Labute approximate surface area is 116 Å². The summed E-state index contributed by atoms with van der Waals surface area (Å²) in [5, 5.41) is 0. The number of fused-ring (bicyclic) bond motifs is 1. The molecular formula is C15H17NO4. The van der Waals surface area contributed by atoms with Gasteiger partial charge in [0.2, 0.25) is 0 Å². The maximum Gasteiger partial charge on any atom is 0.419 e. The Kier molecular flexibility index (Phi) is 3.44. The first-order valence-electron chi connectivity index (χ1n) is 6.96. The predicted octanol–water partition coefficient (Wildman–Crippen LogP) is 2.22. The van der Waals surface area contributed by atoms with Crippen LogP contribution in [0.15, 0.2) is 27.4 Å². The van der Waals surface area contributed by atoms with Crippen LogP contribution in [0.4, 0.5) is 0 Å². The van der Waals surface area contributed by atoms with Crippen LogP contribution in [0.5, 0.6) is 0 Å². The Hall–Kier alpha value is -1.88. The van der Waals surface area contributed by atoms with Crippen molar-refractivity contribution >= 4 is 16.9 Å². The number of hydrogen-bond donors (Lipinski definition) is 0. The average Bonchev–Trinajstić information content (AvgIpc) is 2.81. The van der Waals surface area contributed by atoms with Gasteiger partial charge in [-0.1, -0.05) is 0 Å². The molecule has 5 heteroatoms. The first kappa shape index (κ1) is 13.1. The third-order valence-corrected chi connectivity index (χ3v) is 3.86. The van der Waals surface area contributed by atoms with Crippen molar-refractivity contribution in [2.75, 3.05) is 13.2 Å². The third-order valence-electron chi connectivity index (χ3n) is 3.86. The SMILES string of the molecule is CCn1c(=O)oc2cc(C(=O)C3CCOCC3)ccc21. The molecule has 2 aromatic rings. The van der Waals surface area contributed by atoms with Crippen molar-refractivity contribution in [3.8, 4) is 0 Å². The van der Waals surface area contributed by atoms with E-state index in [2.05, 4.69) is 0 Å². The van der Waals surface area contributed by atoms with E-state index in [0.717, 1.165) is 18.4 Å². The van der Waals surface area contributed by atoms with E-state index in [1.807, 2.05) is 6.92 Å². The van der Waals surface area contributed by atoms with Crippen LogP contribution >= 0.6 is 0 Å². The van der Waals surface area contributed by atoms with Crippen LogP contribution in [0, 0.1) is 5.92 Å². The fourth-order valence-corrected chi connectivity index (χ4v) is 2.71. The molecule has 1 saturated heterocycles. The van der Waals surface area contributed by atoms with Crippen molar-refractivity contribution in [3.63, 3.8) is 0 Å². The molecule has 1 aromatic carbocycles. The Bertz CT molecular complexity index is 691. The van der Waals surface area contributed by atoms with E-state index >= 15 is 0 Å².